The molecule has 34 heavy (non-hydrogen) atoms. The monoisotopic (exact) mass is 497 g/mol. The van der Waals surface area contributed by atoms with Crippen LogP contribution in [0, 0.1) is 6.92 Å². The molecule has 0 radical (unpaired) electrons. The molecular formula is C25H27N3O4S2. The summed E-state index contributed by atoms with van der Waals surface area (Å²) in [5.74, 6) is 0.609. The molecule has 178 valence electrons. The number of furan rings is 1. The van der Waals surface area contributed by atoms with Crippen molar-refractivity contribution in [3.63, 3.8) is 0 Å². The molecular weight excluding hydrogens is 470 g/mol. The number of nitrogens with zero attached hydrogens (tertiary/aromatic N) is 1. The number of benzene rings is 3. The lowest BCUT2D eigenvalue weighted by atomic mass is 10.1. The molecule has 0 spiro atoms. The summed E-state index contributed by atoms with van der Waals surface area (Å²) in [5, 5.41) is 8.53. The van der Waals surface area contributed by atoms with Gasteiger partial charge in [-0.2, -0.15) is 4.31 Å². The first-order valence-corrected chi connectivity index (χ1v) is 12.8. The van der Waals surface area contributed by atoms with Gasteiger partial charge in [-0.05, 0) is 49.0 Å². The number of thiocarbonyl (C=S) groups is 1. The number of sulfonamides is 1. The Hall–Kier alpha value is -3.14. The van der Waals surface area contributed by atoms with Gasteiger partial charge in [-0.25, -0.2) is 8.42 Å². The highest BCUT2D eigenvalue weighted by Crippen LogP contribution is 2.36. The summed E-state index contributed by atoms with van der Waals surface area (Å²) in [6, 6.07) is 16.6. The zero-order valence-electron chi connectivity index (χ0n) is 19.5. The minimum atomic E-state index is -3.59. The molecule has 4 rings (SSSR count). The summed E-state index contributed by atoms with van der Waals surface area (Å²) in [5.41, 5.74) is 3.60. The van der Waals surface area contributed by atoms with E-state index in [1.165, 1.54) is 4.31 Å². The Morgan fingerprint density at radius 3 is 2.38 bits per heavy atom. The summed E-state index contributed by atoms with van der Waals surface area (Å²) < 4.78 is 38.9. The largest absolute Gasteiger partial charge is 0.495 e. The second kappa shape index (κ2) is 9.61. The molecule has 2 N–H and O–H groups in total. The van der Waals surface area contributed by atoms with E-state index in [9.17, 15) is 8.42 Å². The number of methoxy groups -OCH3 is 1. The van der Waals surface area contributed by atoms with E-state index in [0.717, 1.165) is 21.9 Å². The van der Waals surface area contributed by atoms with Crippen molar-refractivity contribution in [1.82, 2.24) is 4.31 Å². The third-order valence-electron chi connectivity index (χ3n) is 5.75. The standard InChI is InChI=1S/C25H27N3O4S2/c1-5-28(6-2)34(29,30)17-12-11-16(3)20(13-17)26-25(33)27-21-15-23-19(14-24(21)31-4)18-9-7-8-10-22(18)32-23/h7-15H,5-6H2,1-4H3,(H2,26,27,33). The number of aryl methyl sites for hydroxylation is 1. The SMILES string of the molecule is CCN(CC)S(=O)(=O)c1ccc(C)c(NC(=S)Nc2cc3oc4ccccc4c3cc2OC)c1. The van der Waals surface area contributed by atoms with E-state index >= 15 is 0 Å². The van der Waals surface area contributed by atoms with Crippen LogP contribution in [0.2, 0.25) is 0 Å². The van der Waals surface area contributed by atoms with Crippen molar-refractivity contribution in [3.8, 4) is 5.75 Å². The zero-order valence-corrected chi connectivity index (χ0v) is 21.1. The molecule has 0 aliphatic rings. The molecule has 0 saturated heterocycles. The number of ether oxygens (including phenoxy) is 1. The molecule has 0 bridgehead atoms. The van der Waals surface area contributed by atoms with E-state index in [4.69, 9.17) is 21.4 Å². The first kappa shape index (κ1) is 24.0. The van der Waals surface area contributed by atoms with Crippen molar-refractivity contribution in [2.24, 2.45) is 0 Å². The van der Waals surface area contributed by atoms with Gasteiger partial charge in [0.15, 0.2) is 5.11 Å². The molecule has 7 nitrogen and oxygen atoms in total. The summed E-state index contributed by atoms with van der Waals surface area (Å²) in [6.45, 7) is 6.33. The molecule has 0 unspecified atom stereocenters. The highest BCUT2D eigenvalue weighted by molar-refractivity contribution is 7.89. The third kappa shape index (κ3) is 4.46. The number of nitrogens with one attached hydrogen (secondary N) is 2. The van der Waals surface area contributed by atoms with Crippen LogP contribution in [-0.4, -0.2) is 38.0 Å². The molecule has 3 aromatic carbocycles. The predicted octanol–water partition coefficient (Wildman–Crippen LogP) is 5.74. The van der Waals surface area contributed by atoms with Crippen molar-refractivity contribution in [2.45, 2.75) is 25.7 Å². The van der Waals surface area contributed by atoms with Gasteiger partial charge >= 0.3 is 0 Å². The smallest absolute Gasteiger partial charge is 0.243 e. The first-order chi connectivity index (χ1) is 16.3. The number of anilines is 2. The van der Waals surface area contributed by atoms with Crippen LogP contribution in [0.4, 0.5) is 11.4 Å². The molecule has 0 saturated carbocycles. The topological polar surface area (TPSA) is 83.8 Å². The second-order valence-corrected chi connectivity index (χ2v) is 10.1. The summed E-state index contributed by atoms with van der Waals surface area (Å²) in [4.78, 5) is 0.216. The van der Waals surface area contributed by atoms with Crippen LogP contribution >= 0.6 is 12.2 Å². The van der Waals surface area contributed by atoms with Gasteiger partial charge in [0, 0.05) is 35.6 Å². The van der Waals surface area contributed by atoms with Crippen LogP contribution in [0.3, 0.4) is 0 Å². The van der Waals surface area contributed by atoms with Crippen LogP contribution in [0.25, 0.3) is 21.9 Å². The maximum Gasteiger partial charge on any atom is 0.243 e. The van der Waals surface area contributed by atoms with Gasteiger partial charge < -0.3 is 19.8 Å². The quantitative estimate of drug-likeness (QED) is 0.315. The van der Waals surface area contributed by atoms with E-state index in [2.05, 4.69) is 10.6 Å². The van der Waals surface area contributed by atoms with Crippen LogP contribution in [0.15, 0.2) is 63.9 Å². The lowest BCUT2D eigenvalue weighted by Gasteiger charge is -2.20. The Morgan fingerprint density at radius 1 is 0.971 bits per heavy atom. The molecule has 0 fully saturated rings. The molecule has 9 heteroatoms. The van der Waals surface area contributed by atoms with Crippen LogP contribution < -0.4 is 15.4 Å². The van der Waals surface area contributed by atoms with E-state index in [1.54, 1.807) is 25.3 Å². The van der Waals surface area contributed by atoms with Crippen molar-refractivity contribution in [3.05, 3.63) is 60.2 Å². The minimum Gasteiger partial charge on any atom is -0.495 e. The Bertz CT molecular complexity index is 1470. The number of para-hydroxylation sites is 1. The van der Waals surface area contributed by atoms with Crippen molar-refractivity contribution < 1.29 is 17.6 Å². The minimum absolute atomic E-state index is 0.216. The Kier molecular flexibility index (Phi) is 6.79. The maximum atomic E-state index is 12.9. The van der Waals surface area contributed by atoms with Gasteiger partial charge in [0.1, 0.15) is 16.9 Å². The second-order valence-electron chi connectivity index (χ2n) is 7.79. The van der Waals surface area contributed by atoms with Gasteiger partial charge in [-0.15, -0.1) is 0 Å². The Balaban J connectivity index is 1.62. The average molecular weight is 498 g/mol. The number of hydrogen-bond acceptors (Lipinski definition) is 5. The Labute approximate surface area is 204 Å². The van der Waals surface area contributed by atoms with Gasteiger partial charge in [-0.3, -0.25) is 0 Å². The molecule has 0 aliphatic carbocycles. The van der Waals surface area contributed by atoms with Gasteiger partial charge in [0.2, 0.25) is 10.0 Å². The third-order valence-corrected chi connectivity index (χ3v) is 8.00. The number of fused-ring (bicyclic) bond motifs is 3. The van der Waals surface area contributed by atoms with Gasteiger partial charge in [0.05, 0.1) is 17.7 Å². The molecule has 0 aliphatic heterocycles. The highest BCUT2D eigenvalue weighted by atomic mass is 32.2. The number of rotatable bonds is 7. The van der Waals surface area contributed by atoms with Crippen LogP contribution in [-0.2, 0) is 10.0 Å². The maximum absolute atomic E-state index is 12.9. The lowest BCUT2D eigenvalue weighted by molar-refractivity contribution is 0.417. The summed E-state index contributed by atoms with van der Waals surface area (Å²) >= 11 is 5.54. The fraction of sp³-hybridized carbons (Fsp3) is 0.240. The molecule has 0 atom stereocenters. The van der Waals surface area contributed by atoms with Crippen LogP contribution in [0.1, 0.15) is 19.4 Å². The van der Waals surface area contributed by atoms with Crippen LogP contribution in [0.5, 0.6) is 5.75 Å². The average Bonchev–Trinajstić information content (AvgIpc) is 3.17. The van der Waals surface area contributed by atoms with Gasteiger partial charge in [-0.1, -0.05) is 38.1 Å². The summed E-state index contributed by atoms with van der Waals surface area (Å²) in [7, 11) is -1.99. The first-order valence-electron chi connectivity index (χ1n) is 11.0. The highest BCUT2D eigenvalue weighted by Gasteiger charge is 2.22. The zero-order chi connectivity index (χ0) is 24.5. The van der Waals surface area contributed by atoms with Gasteiger partial charge in [0.25, 0.3) is 0 Å². The van der Waals surface area contributed by atoms with Crippen molar-refractivity contribution >= 4 is 60.7 Å². The fourth-order valence-electron chi connectivity index (χ4n) is 3.90. The molecule has 1 aromatic heterocycles. The van der Waals surface area contributed by atoms with E-state index in [1.807, 2.05) is 57.2 Å². The van der Waals surface area contributed by atoms with Crippen molar-refractivity contribution in [1.29, 1.82) is 0 Å². The van der Waals surface area contributed by atoms with E-state index in [-0.39, 0.29) is 4.90 Å². The predicted molar refractivity (Wildman–Crippen MR) is 141 cm³/mol. The lowest BCUT2D eigenvalue weighted by Crippen LogP contribution is -2.30. The van der Waals surface area contributed by atoms with E-state index < -0.39 is 10.0 Å². The molecule has 4 aromatic rings. The summed E-state index contributed by atoms with van der Waals surface area (Å²) in [6.07, 6.45) is 0. The number of hydrogen-bond donors (Lipinski definition) is 2. The Morgan fingerprint density at radius 2 is 1.68 bits per heavy atom. The fourth-order valence-corrected chi connectivity index (χ4v) is 5.61. The van der Waals surface area contributed by atoms with Crippen molar-refractivity contribution in [2.75, 3.05) is 30.8 Å². The normalized spacial score (nSPS) is 11.8. The molecule has 0 amide bonds. The van der Waals surface area contributed by atoms with E-state index in [0.29, 0.717) is 40.9 Å². The molecule has 1 heterocycles.